The van der Waals surface area contributed by atoms with Crippen molar-refractivity contribution in [1.82, 2.24) is 15.3 Å². The van der Waals surface area contributed by atoms with Gasteiger partial charge in [0.05, 0.1) is 17.9 Å². The second-order valence-electron chi connectivity index (χ2n) is 6.95. The van der Waals surface area contributed by atoms with E-state index >= 15 is 0 Å². The molecule has 0 aliphatic rings. The van der Waals surface area contributed by atoms with E-state index < -0.39 is 0 Å². The number of carbonyl (C=O) groups is 1. The number of hydrogen-bond acceptors (Lipinski definition) is 3. The van der Waals surface area contributed by atoms with Crippen LogP contribution in [0.3, 0.4) is 0 Å². The molecule has 4 aromatic rings. The first-order valence-electron chi connectivity index (χ1n) is 9.40. The van der Waals surface area contributed by atoms with Crippen molar-refractivity contribution in [3.63, 3.8) is 0 Å². The second kappa shape index (κ2) is 8.32. The lowest BCUT2D eigenvalue weighted by Crippen LogP contribution is -2.27. The normalized spacial score (nSPS) is 12.0. The molecule has 2 N–H and O–H groups in total. The maximum absolute atomic E-state index is 13.3. The van der Waals surface area contributed by atoms with Gasteiger partial charge in [-0.3, -0.25) is 9.78 Å². The number of nitrogens with one attached hydrogen (secondary N) is 2. The van der Waals surface area contributed by atoms with Crippen molar-refractivity contribution < 1.29 is 18.3 Å². The molecule has 0 saturated heterocycles. The molecule has 2 aromatic carbocycles. The number of aromatic amines is 1. The molecular weight excluding hydrogens is 388 g/mol. The van der Waals surface area contributed by atoms with Crippen LogP contribution in [0.2, 0.25) is 0 Å². The smallest absolute Gasteiger partial charge is 0.268 e. The molecule has 152 valence electrons. The highest BCUT2D eigenvalue weighted by Gasteiger charge is 2.15. The predicted molar refractivity (Wildman–Crippen MR) is 109 cm³/mol. The van der Waals surface area contributed by atoms with Crippen molar-refractivity contribution in [2.45, 2.75) is 19.6 Å². The quantitative estimate of drug-likeness (QED) is 0.477. The van der Waals surface area contributed by atoms with Gasteiger partial charge in [-0.2, -0.15) is 0 Å². The average Bonchev–Trinajstić information content (AvgIpc) is 3.16. The molecule has 2 aromatic heterocycles. The van der Waals surface area contributed by atoms with E-state index in [9.17, 15) is 13.6 Å². The van der Waals surface area contributed by atoms with Gasteiger partial charge in [0, 0.05) is 10.9 Å². The molecule has 5 nitrogen and oxygen atoms in total. The second-order valence-corrected chi connectivity index (χ2v) is 6.95. The summed E-state index contributed by atoms with van der Waals surface area (Å²) < 4.78 is 32.2. The maximum atomic E-state index is 13.3. The minimum absolute atomic E-state index is 0.228. The number of pyridine rings is 1. The monoisotopic (exact) mass is 407 g/mol. The summed E-state index contributed by atoms with van der Waals surface area (Å²) in [6, 6.07) is 15.3. The van der Waals surface area contributed by atoms with Crippen molar-refractivity contribution in [1.29, 1.82) is 0 Å². The van der Waals surface area contributed by atoms with Crippen molar-refractivity contribution in [2.75, 3.05) is 0 Å². The van der Waals surface area contributed by atoms with Gasteiger partial charge < -0.3 is 15.0 Å². The summed E-state index contributed by atoms with van der Waals surface area (Å²) in [5.74, 6) is -0.438. The van der Waals surface area contributed by atoms with Crippen molar-refractivity contribution in [3.05, 3.63) is 95.4 Å². The summed E-state index contributed by atoms with van der Waals surface area (Å²) in [6.45, 7) is 2.04. The predicted octanol–water partition coefficient (Wildman–Crippen LogP) is 4.91. The number of rotatable bonds is 6. The SMILES string of the molecule is C[C@@H](NC(=O)c1cc2cc(F)ccc2[nH]1)c1ccc(OCc2cccc(F)c2)cn1. The van der Waals surface area contributed by atoms with Crippen molar-refractivity contribution in [2.24, 2.45) is 0 Å². The number of amides is 1. The molecule has 1 atom stereocenters. The topological polar surface area (TPSA) is 67.0 Å². The van der Waals surface area contributed by atoms with E-state index in [1.807, 2.05) is 6.92 Å². The van der Waals surface area contributed by atoms with Crippen LogP contribution in [-0.2, 0) is 6.61 Å². The first-order valence-corrected chi connectivity index (χ1v) is 9.40. The van der Waals surface area contributed by atoms with Gasteiger partial charge in [0.1, 0.15) is 29.7 Å². The average molecular weight is 407 g/mol. The fourth-order valence-corrected chi connectivity index (χ4v) is 3.10. The third kappa shape index (κ3) is 4.46. The van der Waals surface area contributed by atoms with Gasteiger partial charge in [-0.15, -0.1) is 0 Å². The minimum atomic E-state index is -0.356. The highest BCUT2D eigenvalue weighted by Crippen LogP contribution is 2.19. The lowest BCUT2D eigenvalue weighted by molar-refractivity contribution is 0.0935. The first-order chi connectivity index (χ1) is 14.5. The fraction of sp³-hybridized carbons (Fsp3) is 0.130. The lowest BCUT2D eigenvalue weighted by atomic mass is 10.2. The van der Waals surface area contributed by atoms with Crippen molar-refractivity contribution in [3.8, 4) is 5.75 Å². The number of nitrogens with zero attached hydrogens (tertiary/aromatic N) is 1. The van der Waals surface area contributed by atoms with E-state index in [0.717, 1.165) is 5.56 Å². The van der Waals surface area contributed by atoms with Gasteiger partial charge in [0.25, 0.3) is 5.91 Å². The molecule has 0 aliphatic heterocycles. The van der Waals surface area contributed by atoms with Gasteiger partial charge in [-0.1, -0.05) is 12.1 Å². The Kier molecular flexibility index (Phi) is 5.43. The Hall–Kier alpha value is -3.74. The van der Waals surface area contributed by atoms with Crippen LogP contribution in [0.15, 0.2) is 66.9 Å². The van der Waals surface area contributed by atoms with Crippen LogP contribution in [0.5, 0.6) is 5.75 Å². The number of fused-ring (bicyclic) bond motifs is 1. The Labute approximate surface area is 171 Å². The summed E-state index contributed by atoms with van der Waals surface area (Å²) in [7, 11) is 0. The summed E-state index contributed by atoms with van der Waals surface area (Å²) >= 11 is 0. The molecule has 0 bridgehead atoms. The number of ether oxygens (including phenoxy) is 1. The summed E-state index contributed by atoms with van der Waals surface area (Å²) in [5, 5.41) is 3.49. The third-order valence-corrected chi connectivity index (χ3v) is 4.67. The third-order valence-electron chi connectivity index (χ3n) is 4.67. The number of H-pyrrole nitrogens is 1. The summed E-state index contributed by atoms with van der Waals surface area (Å²) in [6.07, 6.45) is 1.56. The lowest BCUT2D eigenvalue weighted by Gasteiger charge is -2.13. The molecule has 0 unspecified atom stereocenters. The van der Waals surface area contributed by atoms with Crippen LogP contribution in [0.25, 0.3) is 10.9 Å². The standard InChI is InChI=1S/C23H19F2N3O2/c1-14(27-23(29)22-11-16-10-18(25)5-7-21(16)28-22)20-8-6-19(12-26-20)30-13-15-3-2-4-17(24)9-15/h2-12,14,28H,13H2,1H3,(H,27,29)/t14-/m1/s1. The Bertz CT molecular complexity index is 1190. The molecule has 0 radical (unpaired) electrons. The van der Waals surface area contributed by atoms with Crippen LogP contribution in [0.1, 0.15) is 34.7 Å². The zero-order valence-electron chi connectivity index (χ0n) is 16.2. The van der Waals surface area contributed by atoms with E-state index in [0.29, 0.717) is 28.0 Å². The van der Waals surface area contributed by atoms with Gasteiger partial charge in [-0.25, -0.2) is 8.78 Å². The molecule has 1 amide bonds. The molecule has 0 saturated carbocycles. The molecule has 30 heavy (non-hydrogen) atoms. The molecule has 0 fully saturated rings. The Morgan fingerprint density at radius 1 is 1.10 bits per heavy atom. The first kappa shape index (κ1) is 19.6. The van der Waals surface area contributed by atoms with Crippen LogP contribution in [-0.4, -0.2) is 15.9 Å². The van der Waals surface area contributed by atoms with Crippen LogP contribution in [0, 0.1) is 11.6 Å². The van der Waals surface area contributed by atoms with Crippen LogP contribution < -0.4 is 10.1 Å². The highest BCUT2D eigenvalue weighted by atomic mass is 19.1. The van der Waals surface area contributed by atoms with Crippen LogP contribution in [0.4, 0.5) is 8.78 Å². The van der Waals surface area contributed by atoms with E-state index in [4.69, 9.17) is 4.74 Å². The number of halogens is 2. The van der Waals surface area contributed by atoms with Crippen LogP contribution >= 0.6 is 0 Å². The van der Waals surface area contributed by atoms with Gasteiger partial charge in [0.2, 0.25) is 0 Å². The van der Waals surface area contributed by atoms with Crippen molar-refractivity contribution >= 4 is 16.8 Å². The zero-order valence-corrected chi connectivity index (χ0v) is 16.2. The minimum Gasteiger partial charge on any atom is -0.487 e. The molecule has 2 heterocycles. The molecule has 7 heteroatoms. The maximum Gasteiger partial charge on any atom is 0.268 e. The van der Waals surface area contributed by atoms with E-state index in [1.165, 1.54) is 24.3 Å². The fourth-order valence-electron chi connectivity index (χ4n) is 3.10. The Morgan fingerprint density at radius 2 is 1.93 bits per heavy atom. The Balaban J connectivity index is 1.37. The van der Waals surface area contributed by atoms with Gasteiger partial charge >= 0.3 is 0 Å². The van der Waals surface area contributed by atoms with Gasteiger partial charge in [0.15, 0.2) is 0 Å². The summed E-state index contributed by atoms with van der Waals surface area (Å²) in [4.78, 5) is 19.8. The number of carbonyl (C=O) groups excluding carboxylic acids is 1. The van der Waals surface area contributed by atoms with E-state index in [2.05, 4.69) is 15.3 Å². The number of aromatic nitrogens is 2. The molecule has 0 aliphatic carbocycles. The molecular formula is C23H19F2N3O2. The largest absolute Gasteiger partial charge is 0.487 e. The summed E-state index contributed by atoms with van der Waals surface area (Å²) in [5.41, 5.74) is 2.41. The molecule has 0 spiro atoms. The molecule has 4 rings (SSSR count). The highest BCUT2D eigenvalue weighted by molar-refractivity contribution is 5.98. The van der Waals surface area contributed by atoms with E-state index in [-0.39, 0.29) is 30.2 Å². The zero-order chi connectivity index (χ0) is 21.1. The number of benzene rings is 2. The Morgan fingerprint density at radius 3 is 2.70 bits per heavy atom. The number of hydrogen-bond donors (Lipinski definition) is 2. The van der Waals surface area contributed by atoms with E-state index in [1.54, 1.807) is 42.6 Å². The van der Waals surface area contributed by atoms with Gasteiger partial charge in [-0.05, 0) is 61.0 Å².